The minimum Gasteiger partial charge on any atom is -0.493 e. The summed E-state index contributed by atoms with van der Waals surface area (Å²) in [5, 5.41) is 9.75. The average Bonchev–Trinajstić information content (AvgIpc) is 2.27. The van der Waals surface area contributed by atoms with Crippen LogP contribution < -0.4 is 10.5 Å². The lowest BCUT2D eigenvalue weighted by molar-refractivity contribution is 0.0535. The first kappa shape index (κ1) is 14.0. The molecule has 0 heterocycles. The minimum absolute atomic E-state index is 0.288. The van der Waals surface area contributed by atoms with E-state index in [9.17, 15) is 5.11 Å². The first-order valence-electron chi connectivity index (χ1n) is 6.08. The Bertz CT molecular complexity index is 341. The quantitative estimate of drug-likeness (QED) is 0.746. The smallest absolute Gasteiger partial charge is 0.125 e. The molecule has 17 heavy (non-hydrogen) atoms. The van der Waals surface area contributed by atoms with Gasteiger partial charge in [0, 0.05) is 6.54 Å². The third kappa shape index (κ3) is 4.36. The lowest BCUT2D eigenvalue weighted by Gasteiger charge is -2.21. The van der Waals surface area contributed by atoms with Gasteiger partial charge in [-0.2, -0.15) is 0 Å². The molecule has 0 aliphatic heterocycles. The second kappa shape index (κ2) is 6.03. The maximum absolute atomic E-state index is 9.75. The predicted molar refractivity (Wildman–Crippen MR) is 70.3 cm³/mol. The number of benzene rings is 1. The van der Waals surface area contributed by atoms with E-state index >= 15 is 0 Å². The van der Waals surface area contributed by atoms with Gasteiger partial charge in [-0.15, -0.1) is 0 Å². The van der Waals surface area contributed by atoms with Gasteiger partial charge in [0.15, 0.2) is 0 Å². The van der Waals surface area contributed by atoms with Crippen molar-refractivity contribution in [2.24, 2.45) is 5.73 Å². The topological polar surface area (TPSA) is 55.5 Å². The maximum Gasteiger partial charge on any atom is 0.125 e. The highest BCUT2D eigenvalue weighted by Crippen LogP contribution is 2.22. The summed E-state index contributed by atoms with van der Waals surface area (Å²) < 4.78 is 5.76. The maximum atomic E-state index is 9.75. The fourth-order valence-electron chi connectivity index (χ4n) is 1.76. The van der Waals surface area contributed by atoms with Gasteiger partial charge in [-0.1, -0.05) is 18.2 Å². The van der Waals surface area contributed by atoms with Crippen molar-refractivity contribution in [3.8, 4) is 5.75 Å². The molecule has 0 amide bonds. The monoisotopic (exact) mass is 237 g/mol. The zero-order valence-corrected chi connectivity index (χ0v) is 11.0. The van der Waals surface area contributed by atoms with Crippen molar-refractivity contribution < 1.29 is 9.84 Å². The van der Waals surface area contributed by atoms with Crippen LogP contribution in [0, 0.1) is 13.8 Å². The van der Waals surface area contributed by atoms with E-state index in [-0.39, 0.29) is 6.54 Å². The molecule has 0 aromatic heterocycles. The van der Waals surface area contributed by atoms with E-state index in [1.807, 2.05) is 32.0 Å². The first-order chi connectivity index (χ1) is 7.96. The highest BCUT2D eigenvalue weighted by atomic mass is 16.5. The second-order valence-electron chi connectivity index (χ2n) is 4.87. The number of rotatable bonds is 6. The number of aryl methyl sites for hydroxylation is 2. The van der Waals surface area contributed by atoms with Crippen LogP contribution in [0.1, 0.15) is 30.9 Å². The number of aliphatic hydroxyl groups is 1. The summed E-state index contributed by atoms with van der Waals surface area (Å²) in [7, 11) is 0. The van der Waals surface area contributed by atoms with Crippen LogP contribution in [0.15, 0.2) is 18.2 Å². The highest BCUT2D eigenvalue weighted by Gasteiger charge is 2.17. The average molecular weight is 237 g/mol. The van der Waals surface area contributed by atoms with E-state index in [1.54, 1.807) is 6.92 Å². The van der Waals surface area contributed by atoms with Gasteiger partial charge in [0.1, 0.15) is 5.75 Å². The van der Waals surface area contributed by atoms with Crippen molar-refractivity contribution in [1.29, 1.82) is 0 Å². The SMILES string of the molecule is Cc1cccc(C)c1OCCCC(C)(O)CN. The van der Waals surface area contributed by atoms with Crippen LogP contribution in [0.3, 0.4) is 0 Å². The van der Waals surface area contributed by atoms with Crippen LogP contribution in [-0.4, -0.2) is 23.9 Å². The number of hydrogen-bond donors (Lipinski definition) is 2. The minimum atomic E-state index is -0.774. The van der Waals surface area contributed by atoms with E-state index in [0.29, 0.717) is 13.0 Å². The van der Waals surface area contributed by atoms with E-state index in [1.165, 1.54) is 0 Å². The second-order valence-corrected chi connectivity index (χ2v) is 4.87. The van der Waals surface area contributed by atoms with Crippen molar-refractivity contribution in [3.63, 3.8) is 0 Å². The molecule has 0 saturated carbocycles. The third-order valence-corrected chi connectivity index (χ3v) is 2.95. The number of para-hydroxylation sites is 1. The Hall–Kier alpha value is -1.06. The summed E-state index contributed by atoms with van der Waals surface area (Å²) in [6.07, 6.45) is 1.46. The number of hydrogen-bond acceptors (Lipinski definition) is 3. The molecule has 0 aliphatic carbocycles. The van der Waals surface area contributed by atoms with E-state index in [4.69, 9.17) is 10.5 Å². The molecule has 3 heteroatoms. The van der Waals surface area contributed by atoms with Crippen molar-refractivity contribution >= 4 is 0 Å². The van der Waals surface area contributed by atoms with Gasteiger partial charge in [0.2, 0.25) is 0 Å². The van der Waals surface area contributed by atoms with Crippen molar-refractivity contribution in [1.82, 2.24) is 0 Å². The molecule has 0 bridgehead atoms. The Kier molecular flexibility index (Phi) is 4.97. The summed E-state index contributed by atoms with van der Waals surface area (Å²) in [5.74, 6) is 0.958. The standard InChI is InChI=1S/C14H23NO2/c1-11-6-4-7-12(2)13(11)17-9-5-8-14(3,16)10-15/h4,6-7,16H,5,8-10,15H2,1-3H3. The summed E-state index contributed by atoms with van der Waals surface area (Å²) in [5.41, 5.74) is 6.98. The normalized spacial score (nSPS) is 14.4. The van der Waals surface area contributed by atoms with Crippen molar-refractivity contribution in [3.05, 3.63) is 29.3 Å². The number of ether oxygens (including phenoxy) is 1. The Morgan fingerprint density at radius 1 is 1.29 bits per heavy atom. The van der Waals surface area contributed by atoms with Gasteiger partial charge in [-0.3, -0.25) is 0 Å². The molecule has 3 nitrogen and oxygen atoms in total. The van der Waals surface area contributed by atoms with Crippen LogP contribution in [-0.2, 0) is 0 Å². The molecule has 3 N–H and O–H groups in total. The molecule has 1 aromatic rings. The Balaban J connectivity index is 2.42. The van der Waals surface area contributed by atoms with Crippen LogP contribution in [0.4, 0.5) is 0 Å². The summed E-state index contributed by atoms with van der Waals surface area (Å²) in [6.45, 7) is 6.74. The van der Waals surface area contributed by atoms with Crippen LogP contribution in [0.25, 0.3) is 0 Å². The molecule has 1 atom stereocenters. The largest absolute Gasteiger partial charge is 0.493 e. The Morgan fingerprint density at radius 2 is 1.88 bits per heavy atom. The van der Waals surface area contributed by atoms with Gasteiger partial charge in [-0.05, 0) is 44.7 Å². The van der Waals surface area contributed by atoms with Gasteiger partial charge in [-0.25, -0.2) is 0 Å². The molecule has 0 spiro atoms. The zero-order valence-electron chi connectivity index (χ0n) is 11.0. The van der Waals surface area contributed by atoms with Gasteiger partial charge in [0.25, 0.3) is 0 Å². The molecule has 0 aliphatic rings. The number of nitrogens with two attached hydrogens (primary N) is 1. The zero-order chi connectivity index (χ0) is 12.9. The molecule has 1 aromatic carbocycles. The van der Waals surface area contributed by atoms with Gasteiger partial charge < -0.3 is 15.6 Å². The Labute approximate surface area is 104 Å². The molecule has 0 fully saturated rings. The van der Waals surface area contributed by atoms with Gasteiger partial charge in [0.05, 0.1) is 12.2 Å². The molecule has 0 radical (unpaired) electrons. The molecule has 1 unspecified atom stereocenters. The third-order valence-electron chi connectivity index (χ3n) is 2.95. The van der Waals surface area contributed by atoms with Gasteiger partial charge >= 0.3 is 0 Å². The summed E-state index contributed by atoms with van der Waals surface area (Å²) >= 11 is 0. The highest BCUT2D eigenvalue weighted by molar-refractivity contribution is 5.39. The lowest BCUT2D eigenvalue weighted by Crippen LogP contribution is -2.34. The molecular formula is C14H23NO2. The van der Waals surface area contributed by atoms with Crippen LogP contribution >= 0.6 is 0 Å². The van der Waals surface area contributed by atoms with E-state index < -0.39 is 5.60 Å². The first-order valence-corrected chi connectivity index (χ1v) is 6.08. The van der Waals surface area contributed by atoms with Crippen molar-refractivity contribution in [2.45, 2.75) is 39.2 Å². The molecule has 96 valence electrons. The fourth-order valence-corrected chi connectivity index (χ4v) is 1.76. The molecule has 0 saturated heterocycles. The predicted octanol–water partition coefficient (Wildman–Crippen LogP) is 2.17. The Morgan fingerprint density at radius 3 is 2.41 bits per heavy atom. The molecular weight excluding hydrogens is 214 g/mol. The van der Waals surface area contributed by atoms with E-state index in [2.05, 4.69) is 0 Å². The fraction of sp³-hybridized carbons (Fsp3) is 0.571. The van der Waals surface area contributed by atoms with E-state index in [0.717, 1.165) is 23.3 Å². The lowest BCUT2D eigenvalue weighted by atomic mass is 10.0. The van der Waals surface area contributed by atoms with Crippen LogP contribution in [0.2, 0.25) is 0 Å². The molecule has 1 rings (SSSR count). The van der Waals surface area contributed by atoms with Crippen molar-refractivity contribution in [2.75, 3.05) is 13.2 Å². The van der Waals surface area contributed by atoms with Crippen LogP contribution in [0.5, 0.6) is 5.75 Å². The summed E-state index contributed by atoms with van der Waals surface area (Å²) in [4.78, 5) is 0. The summed E-state index contributed by atoms with van der Waals surface area (Å²) in [6, 6.07) is 6.10.